The molecule has 1 amide bonds. The summed E-state index contributed by atoms with van der Waals surface area (Å²) >= 11 is 0. The van der Waals surface area contributed by atoms with Gasteiger partial charge >= 0.3 is 0 Å². The summed E-state index contributed by atoms with van der Waals surface area (Å²) in [6, 6.07) is 14.6. The monoisotopic (exact) mass is 280 g/mol. The van der Waals surface area contributed by atoms with Crippen molar-refractivity contribution in [2.45, 2.75) is 13.3 Å². The first-order valence-electron chi connectivity index (χ1n) is 6.48. The van der Waals surface area contributed by atoms with Crippen LogP contribution in [0.25, 0.3) is 0 Å². The first kappa shape index (κ1) is 14.6. The summed E-state index contributed by atoms with van der Waals surface area (Å²) in [5, 5.41) is 11.5. The van der Waals surface area contributed by atoms with E-state index in [1.807, 2.05) is 25.1 Å². The number of hydrogen-bond acceptors (Lipinski definition) is 4. The number of nitriles is 1. The number of rotatable bonds is 4. The lowest BCUT2D eigenvalue weighted by atomic mass is 10.1. The van der Waals surface area contributed by atoms with Crippen molar-refractivity contribution >= 4 is 17.3 Å². The smallest absolute Gasteiger partial charge is 0.255 e. The number of aryl methyl sites for hydroxylation is 1. The number of hydrogen-bond donors (Lipinski definition) is 3. The highest BCUT2D eigenvalue weighted by Crippen LogP contribution is 2.17. The molecule has 5 heteroatoms. The van der Waals surface area contributed by atoms with E-state index in [2.05, 4.69) is 16.8 Å². The summed E-state index contributed by atoms with van der Waals surface area (Å²) in [4.78, 5) is 12.2. The number of carbonyl (C=O) groups is 1. The van der Waals surface area contributed by atoms with Gasteiger partial charge in [-0.15, -0.1) is 0 Å². The second-order valence-electron chi connectivity index (χ2n) is 4.66. The van der Waals surface area contributed by atoms with Gasteiger partial charge in [0, 0.05) is 16.9 Å². The number of nitrogens with zero attached hydrogens (tertiary/aromatic N) is 1. The van der Waals surface area contributed by atoms with Crippen molar-refractivity contribution in [3.8, 4) is 6.07 Å². The molecule has 0 unspecified atom stereocenters. The van der Waals surface area contributed by atoms with E-state index in [-0.39, 0.29) is 5.91 Å². The molecule has 21 heavy (non-hydrogen) atoms. The van der Waals surface area contributed by atoms with Crippen LogP contribution in [0.2, 0.25) is 0 Å². The Morgan fingerprint density at radius 2 is 1.86 bits per heavy atom. The van der Waals surface area contributed by atoms with E-state index in [9.17, 15) is 4.79 Å². The lowest BCUT2D eigenvalue weighted by Crippen LogP contribution is -2.14. The molecule has 0 saturated heterocycles. The van der Waals surface area contributed by atoms with Gasteiger partial charge in [0.25, 0.3) is 5.91 Å². The maximum atomic E-state index is 12.2. The lowest BCUT2D eigenvalue weighted by molar-refractivity contribution is 0.102. The van der Waals surface area contributed by atoms with Crippen LogP contribution in [-0.2, 0) is 6.42 Å². The first-order valence-corrected chi connectivity index (χ1v) is 6.48. The number of nitrogens with two attached hydrogens (primary N) is 1. The summed E-state index contributed by atoms with van der Waals surface area (Å²) in [5.74, 6) is 5.16. The molecule has 0 fully saturated rings. The minimum absolute atomic E-state index is 0.177. The van der Waals surface area contributed by atoms with Crippen molar-refractivity contribution in [3.63, 3.8) is 0 Å². The minimum atomic E-state index is -0.177. The molecule has 0 saturated carbocycles. The predicted molar refractivity (Wildman–Crippen MR) is 82.7 cm³/mol. The van der Waals surface area contributed by atoms with Crippen LogP contribution in [0.4, 0.5) is 11.4 Å². The van der Waals surface area contributed by atoms with Gasteiger partial charge in [-0.05, 0) is 48.4 Å². The highest BCUT2D eigenvalue weighted by molar-refractivity contribution is 6.05. The minimum Gasteiger partial charge on any atom is -0.324 e. The van der Waals surface area contributed by atoms with Gasteiger partial charge in [-0.3, -0.25) is 10.6 Å². The fourth-order valence-corrected chi connectivity index (χ4v) is 2.00. The van der Waals surface area contributed by atoms with Gasteiger partial charge in [-0.2, -0.15) is 5.26 Å². The van der Waals surface area contributed by atoms with Crippen molar-refractivity contribution in [3.05, 3.63) is 59.2 Å². The molecule has 0 aliphatic rings. The molecule has 2 rings (SSSR count). The van der Waals surface area contributed by atoms with Crippen molar-refractivity contribution in [2.75, 3.05) is 10.7 Å². The quantitative estimate of drug-likeness (QED) is 0.593. The van der Waals surface area contributed by atoms with Gasteiger partial charge < -0.3 is 10.7 Å². The Balaban J connectivity index is 2.12. The zero-order valence-corrected chi connectivity index (χ0v) is 11.7. The summed E-state index contributed by atoms with van der Waals surface area (Å²) in [7, 11) is 0. The van der Waals surface area contributed by atoms with Crippen LogP contribution in [0.15, 0.2) is 42.5 Å². The van der Waals surface area contributed by atoms with E-state index >= 15 is 0 Å². The average Bonchev–Trinajstić information content (AvgIpc) is 2.49. The predicted octanol–water partition coefficient (Wildman–Crippen LogP) is 2.60. The number of carbonyl (C=O) groups excluding carboxylic acids is 1. The number of anilines is 2. The Hall–Kier alpha value is -2.84. The van der Waals surface area contributed by atoms with Crippen LogP contribution in [0, 0.1) is 18.3 Å². The van der Waals surface area contributed by atoms with Crippen LogP contribution < -0.4 is 16.6 Å². The summed E-state index contributed by atoms with van der Waals surface area (Å²) in [6.45, 7) is 1.85. The molecule has 106 valence electrons. The molecule has 2 aromatic rings. The molecule has 2 aromatic carbocycles. The molecule has 0 aliphatic heterocycles. The van der Waals surface area contributed by atoms with Gasteiger partial charge in [0.1, 0.15) is 0 Å². The van der Waals surface area contributed by atoms with Crippen molar-refractivity contribution in [1.29, 1.82) is 5.26 Å². The lowest BCUT2D eigenvalue weighted by Gasteiger charge is -2.09. The highest BCUT2D eigenvalue weighted by atomic mass is 16.1. The fourth-order valence-electron chi connectivity index (χ4n) is 2.00. The van der Waals surface area contributed by atoms with Crippen molar-refractivity contribution in [2.24, 2.45) is 5.84 Å². The molecular weight excluding hydrogens is 264 g/mol. The number of nitrogen functional groups attached to an aromatic ring is 1. The van der Waals surface area contributed by atoms with Crippen LogP contribution in [0.3, 0.4) is 0 Å². The van der Waals surface area contributed by atoms with E-state index in [4.69, 9.17) is 11.1 Å². The van der Waals surface area contributed by atoms with Crippen LogP contribution >= 0.6 is 0 Å². The molecule has 0 bridgehead atoms. The molecular formula is C16H16N4O. The summed E-state index contributed by atoms with van der Waals surface area (Å²) < 4.78 is 0. The zero-order valence-electron chi connectivity index (χ0n) is 11.7. The molecule has 0 aliphatic carbocycles. The summed E-state index contributed by atoms with van der Waals surface area (Å²) in [6.07, 6.45) is 0.362. The summed E-state index contributed by atoms with van der Waals surface area (Å²) in [5.41, 5.74) is 6.35. The fraction of sp³-hybridized carbons (Fsp3) is 0.125. The molecule has 0 atom stereocenters. The normalized spacial score (nSPS) is 9.76. The van der Waals surface area contributed by atoms with Gasteiger partial charge in [0.05, 0.1) is 12.5 Å². The average molecular weight is 280 g/mol. The molecule has 0 radical (unpaired) electrons. The second kappa shape index (κ2) is 6.55. The Kier molecular flexibility index (Phi) is 4.54. The highest BCUT2D eigenvalue weighted by Gasteiger charge is 2.09. The van der Waals surface area contributed by atoms with Crippen molar-refractivity contribution in [1.82, 2.24) is 0 Å². The Morgan fingerprint density at radius 3 is 2.43 bits per heavy atom. The van der Waals surface area contributed by atoms with E-state index in [1.165, 1.54) is 0 Å². The van der Waals surface area contributed by atoms with Crippen LogP contribution in [0.5, 0.6) is 0 Å². The number of amides is 1. The molecule has 0 heterocycles. The van der Waals surface area contributed by atoms with E-state index in [0.29, 0.717) is 17.7 Å². The van der Waals surface area contributed by atoms with Crippen LogP contribution in [0.1, 0.15) is 21.5 Å². The Bertz CT molecular complexity index is 686. The Morgan fingerprint density at radius 1 is 1.19 bits per heavy atom. The van der Waals surface area contributed by atoms with E-state index < -0.39 is 0 Å². The van der Waals surface area contributed by atoms with E-state index in [1.54, 1.807) is 24.3 Å². The second-order valence-corrected chi connectivity index (χ2v) is 4.66. The first-order chi connectivity index (χ1) is 10.1. The molecule has 4 N–H and O–H groups in total. The molecule has 5 nitrogen and oxygen atoms in total. The van der Waals surface area contributed by atoms with Crippen LogP contribution in [-0.4, -0.2) is 5.91 Å². The molecule has 0 spiro atoms. The van der Waals surface area contributed by atoms with Gasteiger partial charge in [0.15, 0.2) is 0 Å². The van der Waals surface area contributed by atoms with Crippen molar-refractivity contribution < 1.29 is 4.79 Å². The third-order valence-corrected chi connectivity index (χ3v) is 3.13. The number of nitrogens with one attached hydrogen (secondary N) is 2. The topological polar surface area (TPSA) is 90.9 Å². The maximum absolute atomic E-state index is 12.2. The Labute approximate surface area is 123 Å². The zero-order chi connectivity index (χ0) is 15.2. The maximum Gasteiger partial charge on any atom is 0.255 e. The largest absolute Gasteiger partial charge is 0.324 e. The number of benzene rings is 2. The van der Waals surface area contributed by atoms with E-state index in [0.717, 1.165) is 16.8 Å². The van der Waals surface area contributed by atoms with Gasteiger partial charge in [0.2, 0.25) is 0 Å². The third-order valence-electron chi connectivity index (χ3n) is 3.13. The molecule has 0 aromatic heterocycles. The standard InChI is InChI=1S/C16H16N4O/c1-11-10-14(20-18)6-7-15(11)16(21)19-13-4-2-12(3-5-13)8-9-17/h2-7,10,20H,8,18H2,1H3,(H,19,21). The number of hydrazine groups is 1. The van der Waals surface area contributed by atoms with Gasteiger partial charge in [-0.25, -0.2) is 0 Å². The van der Waals surface area contributed by atoms with Gasteiger partial charge in [-0.1, -0.05) is 12.1 Å². The third kappa shape index (κ3) is 3.59. The SMILES string of the molecule is Cc1cc(NN)ccc1C(=O)Nc1ccc(CC#N)cc1.